The van der Waals surface area contributed by atoms with Crippen molar-refractivity contribution in [2.45, 2.75) is 9.79 Å². The molecule has 0 saturated heterocycles. The molecular weight excluding hydrogens is 162 g/mol. The van der Waals surface area contributed by atoms with Crippen molar-refractivity contribution in [3.05, 3.63) is 18.2 Å². The predicted octanol–water partition coefficient (Wildman–Crippen LogP) is 2.28. The van der Waals surface area contributed by atoms with E-state index in [0.717, 1.165) is 15.5 Å². The fourth-order valence-corrected chi connectivity index (χ4v) is 1.54. The molecule has 1 aromatic carbocycles. The van der Waals surface area contributed by atoms with Gasteiger partial charge in [-0.1, -0.05) is 0 Å². The van der Waals surface area contributed by atoms with Crippen LogP contribution in [0, 0.1) is 0 Å². The lowest BCUT2D eigenvalue weighted by Crippen LogP contribution is -1.86. The highest BCUT2D eigenvalue weighted by atomic mass is 32.2. The second-order valence-electron chi connectivity index (χ2n) is 1.93. The van der Waals surface area contributed by atoms with Crippen LogP contribution >= 0.6 is 24.4 Å². The van der Waals surface area contributed by atoms with E-state index >= 15 is 0 Å². The molecule has 0 heterocycles. The van der Waals surface area contributed by atoms with Gasteiger partial charge in [-0.3, -0.25) is 0 Å². The molecule has 0 aliphatic rings. The first-order valence-corrected chi connectivity index (χ1v) is 4.53. The number of hydrogen-bond acceptors (Lipinski definition) is 3. The molecule has 0 fully saturated rings. The van der Waals surface area contributed by atoms with Gasteiger partial charge in [0.05, 0.1) is 0 Å². The van der Waals surface area contributed by atoms with Gasteiger partial charge >= 0.3 is 0 Å². The predicted molar refractivity (Wildman–Crippen MR) is 49.9 cm³/mol. The number of thiol groups is 1. The minimum Gasteiger partial charge on any atom is -0.398 e. The van der Waals surface area contributed by atoms with Crippen molar-refractivity contribution in [2.75, 3.05) is 12.0 Å². The Morgan fingerprint density at radius 2 is 2.20 bits per heavy atom. The van der Waals surface area contributed by atoms with Crippen molar-refractivity contribution >= 4 is 30.1 Å². The van der Waals surface area contributed by atoms with Crippen molar-refractivity contribution < 1.29 is 0 Å². The van der Waals surface area contributed by atoms with Gasteiger partial charge in [-0.05, 0) is 24.5 Å². The number of nitrogen functional groups attached to an aromatic ring is 1. The van der Waals surface area contributed by atoms with Gasteiger partial charge in [-0.2, -0.15) is 0 Å². The second-order valence-corrected chi connectivity index (χ2v) is 3.29. The van der Waals surface area contributed by atoms with Crippen LogP contribution in [0.4, 0.5) is 5.69 Å². The Balaban J connectivity index is 3.09. The van der Waals surface area contributed by atoms with Crippen LogP contribution in [0.15, 0.2) is 28.0 Å². The van der Waals surface area contributed by atoms with Crippen LogP contribution in [0.3, 0.4) is 0 Å². The first kappa shape index (κ1) is 7.82. The lowest BCUT2D eigenvalue weighted by atomic mass is 10.3. The van der Waals surface area contributed by atoms with Gasteiger partial charge in [0.1, 0.15) is 0 Å². The summed E-state index contributed by atoms with van der Waals surface area (Å²) in [5.74, 6) is 0. The summed E-state index contributed by atoms with van der Waals surface area (Å²) in [6.45, 7) is 0. The minimum absolute atomic E-state index is 0.824. The molecule has 0 aliphatic carbocycles. The van der Waals surface area contributed by atoms with E-state index in [0.29, 0.717) is 0 Å². The second kappa shape index (κ2) is 3.21. The van der Waals surface area contributed by atoms with Gasteiger partial charge < -0.3 is 5.73 Å². The van der Waals surface area contributed by atoms with Crippen LogP contribution in [0.5, 0.6) is 0 Å². The number of rotatable bonds is 1. The van der Waals surface area contributed by atoms with E-state index in [1.165, 1.54) is 0 Å². The molecule has 0 amide bonds. The summed E-state index contributed by atoms with van der Waals surface area (Å²) in [6.07, 6.45) is 2.00. The van der Waals surface area contributed by atoms with Crippen molar-refractivity contribution in [3.63, 3.8) is 0 Å². The summed E-state index contributed by atoms with van der Waals surface area (Å²) in [4.78, 5) is 2.05. The van der Waals surface area contributed by atoms with Gasteiger partial charge in [-0.25, -0.2) is 0 Å². The Morgan fingerprint density at radius 1 is 1.50 bits per heavy atom. The van der Waals surface area contributed by atoms with Gasteiger partial charge in [0.15, 0.2) is 0 Å². The van der Waals surface area contributed by atoms with Crippen molar-refractivity contribution in [1.82, 2.24) is 0 Å². The summed E-state index contributed by atoms with van der Waals surface area (Å²) in [6, 6.07) is 5.72. The minimum atomic E-state index is 0.824. The van der Waals surface area contributed by atoms with Gasteiger partial charge in [0.25, 0.3) is 0 Å². The summed E-state index contributed by atoms with van der Waals surface area (Å²) < 4.78 is 0. The Bertz CT molecular complexity index is 235. The highest BCUT2D eigenvalue weighted by molar-refractivity contribution is 7.98. The van der Waals surface area contributed by atoms with E-state index in [4.69, 9.17) is 5.73 Å². The first-order valence-electron chi connectivity index (χ1n) is 2.86. The number of hydrogen-bond donors (Lipinski definition) is 2. The topological polar surface area (TPSA) is 26.0 Å². The molecule has 1 aromatic rings. The zero-order valence-corrected chi connectivity index (χ0v) is 7.38. The van der Waals surface area contributed by atoms with Crippen molar-refractivity contribution in [1.29, 1.82) is 0 Å². The number of anilines is 1. The molecule has 0 aliphatic heterocycles. The Kier molecular flexibility index (Phi) is 2.51. The van der Waals surface area contributed by atoms with Crippen LogP contribution in [0.1, 0.15) is 0 Å². The molecule has 3 heteroatoms. The zero-order chi connectivity index (χ0) is 7.56. The normalized spacial score (nSPS) is 9.80. The van der Waals surface area contributed by atoms with Crippen LogP contribution in [0.2, 0.25) is 0 Å². The molecule has 54 valence electrons. The molecule has 2 N–H and O–H groups in total. The van der Waals surface area contributed by atoms with Gasteiger partial charge in [-0.15, -0.1) is 24.4 Å². The smallest absolute Gasteiger partial charge is 0.0452 e. The molecule has 0 radical (unpaired) electrons. The highest BCUT2D eigenvalue weighted by Crippen LogP contribution is 2.24. The maximum Gasteiger partial charge on any atom is 0.0452 e. The Labute approximate surface area is 70.4 Å². The maximum absolute atomic E-state index is 5.65. The van der Waals surface area contributed by atoms with E-state index < -0.39 is 0 Å². The molecule has 0 spiro atoms. The van der Waals surface area contributed by atoms with Crippen LogP contribution in [-0.4, -0.2) is 6.26 Å². The van der Waals surface area contributed by atoms with Gasteiger partial charge in [0.2, 0.25) is 0 Å². The average Bonchev–Trinajstić information content (AvgIpc) is 1.94. The molecule has 0 bridgehead atoms. The molecule has 0 atom stereocenters. The molecule has 1 nitrogen and oxygen atoms in total. The highest BCUT2D eigenvalue weighted by Gasteiger charge is 1.95. The zero-order valence-electron chi connectivity index (χ0n) is 5.66. The lowest BCUT2D eigenvalue weighted by molar-refractivity contribution is 1.35. The SMILES string of the molecule is CSc1cc(S)ccc1N. The summed E-state index contributed by atoms with van der Waals surface area (Å²) in [5, 5.41) is 0. The maximum atomic E-state index is 5.65. The third-order valence-corrected chi connectivity index (χ3v) is 2.29. The Morgan fingerprint density at radius 3 is 2.70 bits per heavy atom. The standard InChI is InChI=1S/C7H9NS2/c1-10-7-4-5(9)2-3-6(7)8/h2-4,9H,8H2,1H3. The lowest BCUT2D eigenvalue weighted by Gasteiger charge is -2.01. The Hall–Kier alpha value is -0.280. The molecular formula is C7H9NS2. The molecule has 10 heavy (non-hydrogen) atoms. The van der Waals surface area contributed by atoms with Crippen molar-refractivity contribution in [2.24, 2.45) is 0 Å². The monoisotopic (exact) mass is 171 g/mol. The fourth-order valence-electron chi connectivity index (χ4n) is 0.700. The van der Waals surface area contributed by atoms with E-state index in [1.807, 2.05) is 24.5 Å². The summed E-state index contributed by atoms with van der Waals surface area (Å²) in [7, 11) is 0. The van der Waals surface area contributed by atoms with E-state index in [2.05, 4.69) is 12.6 Å². The summed E-state index contributed by atoms with van der Waals surface area (Å²) in [5.41, 5.74) is 6.47. The van der Waals surface area contributed by atoms with E-state index in [9.17, 15) is 0 Å². The quantitative estimate of drug-likeness (QED) is 0.385. The largest absolute Gasteiger partial charge is 0.398 e. The van der Waals surface area contributed by atoms with Crippen LogP contribution in [0.25, 0.3) is 0 Å². The van der Waals surface area contributed by atoms with E-state index in [-0.39, 0.29) is 0 Å². The number of nitrogens with two attached hydrogens (primary N) is 1. The molecule has 0 aromatic heterocycles. The van der Waals surface area contributed by atoms with Crippen molar-refractivity contribution in [3.8, 4) is 0 Å². The third-order valence-electron chi connectivity index (χ3n) is 1.22. The number of thioether (sulfide) groups is 1. The molecule has 0 unspecified atom stereocenters. The number of benzene rings is 1. The third kappa shape index (κ3) is 1.61. The first-order chi connectivity index (χ1) is 4.74. The fraction of sp³-hybridized carbons (Fsp3) is 0.143. The summed E-state index contributed by atoms with van der Waals surface area (Å²) >= 11 is 5.82. The van der Waals surface area contributed by atoms with Crippen LogP contribution in [-0.2, 0) is 0 Å². The van der Waals surface area contributed by atoms with E-state index in [1.54, 1.807) is 11.8 Å². The average molecular weight is 171 g/mol. The van der Waals surface area contributed by atoms with Gasteiger partial charge in [0, 0.05) is 15.5 Å². The van der Waals surface area contributed by atoms with Crippen LogP contribution < -0.4 is 5.73 Å². The molecule has 1 rings (SSSR count). The molecule has 0 saturated carbocycles.